The van der Waals surface area contributed by atoms with Crippen molar-refractivity contribution >= 4 is 33.6 Å². The first-order chi connectivity index (χ1) is 8.52. The zero-order chi connectivity index (χ0) is 13.5. The molecule has 0 atom stereocenters. The normalized spacial score (nSPS) is 9.89. The zero-order valence-corrected chi connectivity index (χ0v) is 11.2. The summed E-state index contributed by atoms with van der Waals surface area (Å²) in [6.45, 7) is 0.975. The van der Waals surface area contributed by atoms with Crippen molar-refractivity contribution in [3.05, 3.63) is 28.2 Å². The van der Waals surface area contributed by atoms with Crippen LogP contribution in [0.1, 0.15) is 16.8 Å². The molecule has 0 unspecified atom stereocenters. The van der Waals surface area contributed by atoms with Crippen molar-refractivity contribution in [1.29, 1.82) is 0 Å². The van der Waals surface area contributed by atoms with Crippen LogP contribution in [0.3, 0.4) is 0 Å². The molecular formula is C11H14BrN3O3. The fraction of sp³-hybridized carbons (Fsp3) is 0.273. The van der Waals surface area contributed by atoms with E-state index in [9.17, 15) is 9.59 Å². The maximum Gasteiger partial charge on any atom is 0.335 e. The number of aromatic carboxylic acids is 1. The van der Waals surface area contributed by atoms with Crippen LogP contribution in [0.2, 0.25) is 0 Å². The molecule has 0 radical (unpaired) electrons. The van der Waals surface area contributed by atoms with Crippen LogP contribution >= 0.6 is 15.9 Å². The first kappa shape index (κ1) is 14.5. The first-order valence-corrected chi connectivity index (χ1v) is 6.11. The van der Waals surface area contributed by atoms with E-state index in [0.717, 1.165) is 0 Å². The Hall–Kier alpha value is -1.60. The third kappa shape index (κ3) is 4.72. The lowest BCUT2D eigenvalue weighted by atomic mass is 10.2. The number of urea groups is 1. The Balaban J connectivity index is 2.66. The number of rotatable bonds is 5. The van der Waals surface area contributed by atoms with Crippen LogP contribution in [0.25, 0.3) is 0 Å². The summed E-state index contributed by atoms with van der Waals surface area (Å²) in [5.74, 6) is -1.05. The van der Waals surface area contributed by atoms with E-state index in [-0.39, 0.29) is 5.56 Å². The van der Waals surface area contributed by atoms with Gasteiger partial charge in [-0.15, -0.1) is 0 Å². The summed E-state index contributed by atoms with van der Waals surface area (Å²) in [5.41, 5.74) is 5.81. The van der Waals surface area contributed by atoms with Crippen LogP contribution in [0.5, 0.6) is 0 Å². The number of carboxylic acids is 1. The summed E-state index contributed by atoms with van der Waals surface area (Å²) < 4.78 is 0.583. The number of anilines is 1. The lowest BCUT2D eigenvalue weighted by Gasteiger charge is -2.08. The molecule has 1 aromatic carbocycles. The second-order valence-corrected chi connectivity index (χ2v) is 4.47. The molecule has 1 rings (SSSR count). The van der Waals surface area contributed by atoms with Crippen LogP contribution in [0.4, 0.5) is 10.5 Å². The molecule has 0 saturated carbocycles. The van der Waals surface area contributed by atoms with Crippen molar-refractivity contribution in [2.45, 2.75) is 6.42 Å². The number of amides is 2. The van der Waals surface area contributed by atoms with Crippen molar-refractivity contribution in [3.63, 3.8) is 0 Å². The number of carboxylic acid groups (broad SMARTS) is 1. The molecule has 18 heavy (non-hydrogen) atoms. The molecule has 5 N–H and O–H groups in total. The van der Waals surface area contributed by atoms with Crippen molar-refractivity contribution < 1.29 is 14.7 Å². The fourth-order valence-electron chi connectivity index (χ4n) is 1.26. The van der Waals surface area contributed by atoms with E-state index in [1.54, 1.807) is 6.07 Å². The van der Waals surface area contributed by atoms with E-state index in [1.807, 2.05) is 0 Å². The highest BCUT2D eigenvalue weighted by Gasteiger charge is 2.08. The highest BCUT2D eigenvalue weighted by atomic mass is 79.9. The van der Waals surface area contributed by atoms with Crippen LogP contribution in [-0.4, -0.2) is 30.2 Å². The molecule has 0 spiro atoms. The monoisotopic (exact) mass is 315 g/mol. The van der Waals surface area contributed by atoms with Crippen LogP contribution in [0, 0.1) is 0 Å². The lowest BCUT2D eigenvalue weighted by molar-refractivity contribution is 0.0697. The number of hydrogen-bond acceptors (Lipinski definition) is 3. The van der Waals surface area contributed by atoms with E-state index in [0.29, 0.717) is 29.7 Å². The minimum atomic E-state index is -1.05. The Bertz CT molecular complexity index is 451. The summed E-state index contributed by atoms with van der Waals surface area (Å²) >= 11 is 3.18. The molecule has 98 valence electrons. The van der Waals surface area contributed by atoms with E-state index < -0.39 is 12.0 Å². The Morgan fingerprint density at radius 3 is 2.67 bits per heavy atom. The van der Waals surface area contributed by atoms with E-state index in [2.05, 4.69) is 26.6 Å². The topological polar surface area (TPSA) is 104 Å². The fourth-order valence-corrected chi connectivity index (χ4v) is 1.76. The highest BCUT2D eigenvalue weighted by Crippen LogP contribution is 2.19. The number of nitrogens with two attached hydrogens (primary N) is 1. The summed E-state index contributed by atoms with van der Waals surface area (Å²) in [7, 11) is 0. The lowest BCUT2D eigenvalue weighted by Crippen LogP contribution is -2.30. The van der Waals surface area contributed by atoms with Gasteiger partial charge in [-0.25, -0.2) is 9.59 Å². The smallest absolute Gasteiger partial charge is 0.335 e. The predicted octanol–water partition coefficient (Wildman–Crippen LogP) is 1.62. The van der Waals surface area contributed by atoms with Crippen LogP contribution in [-0.2, 0) is 0 Å². The van der Waals surface area contributed by atoms with Gasteiger partial charge in [0.15, 0.2) is 0 Å². The van der Waals surface area contributed by atoms with Gasteiger partial charge < -0.3 is 21.5 Å². The number of nitrogens with one attached hydrogen (secondary N) is 2. The van der Waals surface area contributed by atoms with Crippen LogP contribution in [0.15, 0.2) is 22.7 Å². The molecule has 6 nitrogen and oxygen atoms in total. The average Bonchev–Trinajstić information content (AvgIpc) is 2.28. The number of halogens is 1. The molecule has 1 aromatic rings. The van der Waals surface area contributed by atoms with Crippen molar-refractivity contribution in [3.8, 4) is 0 Å². The van der Waals surface area contributed by atoms with Gasteiger partial charge in [0.1, 0.15) is 0 Å². The minimum Gasteiger partial charge on any atom is -0.478 e. The number of carbonyl (C=O) groups is 2. The molecule has 7 heteroatoms. The van der Waals surface area contributed by atoms with Gasteiger partial charge in [-0.2, -0.15) is 0 Å². The molecule has 2 amide bonds. The van der Waals surface area contributed by atoms with Crippen LogP contribution < -0.4 is 16.4 Å². The van der Waals surface area contributed by atoms with Crippen molar-refractivity contribution in [1.82, 2.24) is 5.32 Å². The molecule has 0 aliphatic heterocycles. The molecule has 0 fully saturated rings. The Kier molecular flexibility index (Phi) is 5.60. The largest absolute Gasteiger partial charge is 0.478 e. The minimum absolute atomic E-state index is 0.0987. The molecule has 0 bridgehead atoms. The summed E-state index contributed by atoms with van der Waals surface area (Å²) in [6.07, 6.45) is 0.687. The van der Waals surface area contributed by atoms with Gasteiger partial charge in [-0.05, 0) is 31.2 Å². The summed E-state index contributed by atoms with van der Waals surface area (Å²) in [6, 6.07) is 4.07. The Morgan fingerprint density at radius 2 is 2.06 bits per heavy atom. The second kappa shape index (κ2) is 6.97. The highest BCUT2D eigenvalue weighted by molar-refractivity contribution is 9.10. The van der Waals surface area contributed by atoms with E-state index >= 15 is 0 Å². The molecule has 0 aliphatic rings. The maximum atomic E-state index is 11.5. The third-order valence-electron chi connectivity index (χ3n) is 2.07. The molecule has 0 saturated heterocycles. The van der Waals surface area contributed by atoms with Crippen molar-refractivity contribution in [2.24, 2.45) is 5.73 Å². The third-order valence-corrected chi connectivity index (χ3v) is 2.53. The Labute approximate surface area is 113 Å². The molecule has 0 aromatic heterocycles. The quantitative estimate of drug-likeness (QED) is 0.620. The molecule has 0 heterocycles. The van der Waals surface area contributed by atoms with Gasteiger partial charge in [-0.1, -0.05) is 15.9 Å². The SMILES string of the molecule is NCCCNC(=O)Nc1cc(Br)cc(C(=O)O)c1. The Morgan fingerprint density at radius 1 is 1.33 bits per heavy atom. The maximum absolute atomic E-state index is 11.5. The van der Waals surface area contributed by atoms with Crippen molar-refractivity contribution in [2.75, 3.05) is 18.4 Å². The molecular weight excluding hydrogens is 302 g/mol. The van der Waals surface area contributed by atoms with Gasteiger partial charge in [0.05, 0.1) is 5.56 Å². The number of carbonyl (C=O) groups excluding carboxylic acids is 1. The first-order valence-electron chi connectivity index (χ1n) is 5.31. The summed E-state index contributed by atoms with van der Waals surface area (Å²) in [4.78, 5) is 22.3. The van der Waals surface area contributed by atoms with Gasteiger partial charge in [0.2, 0.25) is 0 Å². The van der Waals surface area contributed by atoms with Gasteiger partial charge in [-0.3, -0.25) is 0 Å². The van der Waals surface area contributed by atoms with E-state index in [4.69, 9.17) is 10.8 Å². The van der Waals surface area contributed by atoms with E-state index in [1.165, 1.54) is 12.1 Å². The second-order valence-electron chi connectivity index (χ2n) is 3.56. The van der Waals surface area contributed by atoms with Gasteiger partial charge in [0.25, 0.3) is 0 Å². The number of benzene rings is 1. The van der Waals surface area contributed by atoms with Gasteiger partial charge in [0, 0.05) is 16.7 Å². The van der Waals surface area contributed by atoms with Gasteiger partial charge >= 0.3 is 12.0 Å². The predicted molar refractivity (Wildman–Crippen MR) is 71.8 cm³/mol. The summed E-state index contributed by atoms with van der Waals surface area (Å²) in [5, 5.41) is 14.0. The average molecular weight is 316 g/mol. The standard InChI is InChI=1S/C11H14BrN3O3/c12-8-4-7(10(16)17)5-9(6-8)15-11(18)14-3-1-2-13/h4-6H,1-3,13H2,(H,16,17)(H2,14,15,18). The molecule has 0 aliphatic carbocycles. The zero-order valence-electron chi connectivity index (χ0n) is 9.57. The number of hydrogen-bond donors (Lipinski definition) is 4.